The number of nitrogens with one attached hydrogen (secondary N) is 1. The Morgan fingerprint density at radius 1 is 0.941 bits per heavy atom. The van der Waals surface area contributed by atoms with Crippen LogP contribution in [0, 0.1) is 6.92 Å². The largest absolute Gasteiger partial charge is 0.352 e. The number of amides is 2. The van der Waals surface area contributed by atoms with Crippen molar-refractivity contribution in [3.05, 3.63) is 65.2 Å². The number of benzene rings is 2. The molecule has 0 aromatic heterocycles. The summed E-state index contributed by atoms with van der Waals surface area (Å²) in [7, 11) is -3.74. The van der Waals surface area contributed by atoms with Crippen LogP contribution in [0.2, 0.25) is 0 Å². The number of hydrogen-bond donors (Lipinski definition) is 1. The summed E-state index contributed by atoms with van der Waals surface area (Å²) in [6.45, 7) is 11.2. The van der Waals surface area contributed by atoms with E-state index in [0.29, 0.717) is 11.6 Å². The highest BCUT2D eigenvalue weighted by Crippen LogP contribution is 2.23. The van der Waals surface area contributed by atoms with Gasteiger partial charge >= 0.3 is 0 Å². The molecule has 0 aliphatic heterocycles. The summed E-state index contributed by atoms with van der Waals surface area (Å²) in [4.78, 5) is 27.8. The average molecular weight is 488 g/mol. The highest BCUT2D eigenvalue weighted by molar-refractivity contribution is 7.92. The molecule has 0 unspecified atom stereocenters. The van der Waals surface area contributed by atoms with Crippen molar-refractivity contribution in [1.82, 2.24) is 10.2 Å². The van der Waals surface area contributed by atoms with Gasteiger partial charge in [-0.1, -0.05) is 50.2 Å². The summed E-state index contributed by atoms with van der Waals surface area (Å²) in [5.41, 5.74) is 3.37. The lowest BCUT2D eigenvalue weighted by atomic mass is 10.0. The Kier molecular flexibility index (Phi) is 9.27. The third-order valence-corrected chi connectivity index (χ3v) is 6.87. The Labute approximate surface area is 204 Å². The van der Waals surface area contributed by atoms with Gasteiger partial charge in [-0.25, -0.2) is 8.42 Å². The molecule has 2 rings (SSSR count). The molecule has 0 saturated carbocycles. The number of hydrogen-bond acceptors (Lipinski definition) is 4. The molecule has 186 valence electrons. The van der Waals surface area contributed by atoms with E-state index in [2.05, 4.69) is 19.2 Å². The second-order valence-electron chi connectivity index (χ2n) is 9.30. The number of nitrogens with zero attached hydrogens (tertiary/aromatic N) is 2. The van der Waals surface area contributed by atoms with Crippen molar-refractivity contribution in [3.63, 3.8) is 0 Å². The van der Waals surface area contributed by atoms with Gasteiger partial charge in [0.2, 0.25) is 21.8 Å². The van der Waals surface area contributed by atoms with Crippen LogP contribution in [0.4, 0.5) is 5.69 Å². The van der Waals surface area contributed by atoms with E-state index in [9.17, 15) is 18.0 Å². The summed E-state index contributed by atoms with van der Waals surface area (Å²) >= 11 is 0. The molecule has 2 aromatic rings. The number of aryl methyl sites for hydroxylation is 1. The topological polar surface area (TPSA) is 86.8 Å². The zero-order chi connectivity index (χ0) is 25.6. The van der Waals surface area contributed by atoms with Gasteiger partial charge in [0.25, 0.3) is 0 Å². The maximum absolute atomic E-state index is 13.5. The van der Waals surface area contributed by atoms with Gasteiger partial charge in [-0.05, 0) is 62.4 Å². The maximum atomic E-state index is 13.5. The molecule has 0 radical (unpaired) electrons. The van der Waals surface area contributed by atoms with Crippen molar-refractivity contribution in [2.75, 3.05) is 17.1 Å². The molecular formula is C26H37N3O4S. The minimum Gasteiger partial charge on any atom is -0.352 e. The van der Waals surface area contributed by atoms with Gasteiger partial charge in [0, 0.05) is 12.6 Å². The second-order valence-corrected chi connectivity index (χ2v) is 11.2. The summed E-state index contributed by atoms with van der Waals surface area (Å²) in [5.74, 6) is -0.440. The Hall–Kier alpha value is -2.87. The first-order chi connectivity index (χ1) is 15.8. The van der Waals surface area contributed by atoms with Crippen LogP contribution in [0.5, 0.6) is 0 Å². The predicted octanol–water partition coefficient (Wildman–Crippen LogP) is 3.83. The Morgan fingerprint density at radius 2 is 1.53 bits per heavy atom. The van der Waals surface area contributed by atoms with Crippen LogP contribution < -0.4 is 9.62 Å². The van der Waals surface area contributed by atoms with Gasteiger partial charge in [-0.3, -0.25) is 13.9 Å². The number of sulfonamides is 1. The van der Waals surface area contributed by atoms with E-state index in [1.165, 1.54) is 4.90 Å². The van der Waals surface area contributed by atoms with Gasteiger partial charge in [0.15, 0.2) is 0 Å². The van der Waals surface area contributed by atoms with Crippen molar-refractivity contribution in [2.45, 2.75) is 66.1 Å². The number of carbonyl (C=O) groups is 2. The molecule has 34 heavy (non-hydrogen) atoms. The Balaban J connectivity index is 2.40. The first kappa shape index (κ1) is 27.4. The van der Waals surface area contributed by atoms with E-state index in [-0.39, 0.29) is 18.5 Å². The molecule has 0 heterocycles. The molecule has 7 nitrogen and oxygen atoms in total. The minimum atomic E-state index is -3.74. The zero-order valence-corrected chi connectivity index (χ0v) is 22.0. The van der Waals surface area contributed by atoms with E-state index in [1.54, 1.807) is 19.1 Å². The van der Waals surface area contributed by atoms with E-state index >= 15 is 0 Å². The molecule has 0 bridgehead atoms. The van der Waals surface area contributed by atoms with Crippen LogP contribution >= 0.6 is 0 Å². The summed E-state index contributed by atoms with van der Waals surface area (Å²) in [6.07, 6.45) is 1.08. The van der Waals surface area contributed by atoms with E-state index < -0.39 is 28.5 Å². The molecule has 0 fully saturated rings. The summed E-state index contributed by atoms with van der Waals surface area (Å²) in [6, 6.07) is 13.9. The fourth-order valence-corrected chi connectivity index (χ4v) is 4.45. The minimum absolute atomic E-state index is 0.0858. The van der Waals surface area contributed by atoms with E-state index in [0.717, 1.165) is 27.3 Å². The van der Waals surface area contributed by atoms with Crippen molar-refractivity contribution in [2.24, 2.45) is 0 Å². The molecule has 0 aliphatic rings. The molecule has 2 aromatic carbocycles. The standard InChI is InChI=1S/C26H37N3O4S/c1-18(2)22-12-14-24(15-13-22)29(34(7,32)33)17-25(30)28(21(6)26(31)27-19(3)4)16-23-11-9-8-10-20(23)5/h8-15,18-19,21H,16-17H2,1-7H3,(H,27,31)/t21-/m1/s1. The van der Waals surface area contributed by atoms with Crippen LogP contribution in [-0.2, 0) is 26.2 Å². The fraction of sp³-hybridized carbons (Fsp3) is 0.462. The van der Waals surface area contributed by atoms with Crippen LogP contribution in [0.15, 0.2) is 48.5 Å². The highest BCUT2D eigenvalue weighted by atomic mass is 32.2. The number of carbonyl (C=O) groups excluding carboxylic acids is 2. The lowest BCUT2D eigenvalue weighted by molar-refractivity contribution is -0.139. The maximum Gasteiger partial charge on any atom is 0.244 e. The number of anilines is 1. The lowest BCUT2D eigenvalue weighted by Crippen LogP contribution is -2.52. The lowest BCUT2D eigenvalue weighted by Gasteiger charge is -2.32. The first-order valence-electron chi connectivity index (χ1n) is 11.5. The normalized spacial score (nSPS) is 12.5. The molecule has 1 N–H and O–H groups in total. The molecule has 0 aliphatic carbocycles. The summed E-state index contributed by atoms with van der Waals surface area (Å²) < 4.78 is 26.4. The molecule has 0 saturated heterocycles. The first-order valence-corrected chi connectivity index (χ1v) is 13.4. The Bertz CT molecular complexity index is 1100. The van der Waals surface area contributed by atoms with Crippen molar-refractivity contribution in [1.29, 1.82) is 0 Å². The molecule has 0 spiro atoms. The van der Waals surface area contributed by atoms with Gasteiger partial charge in [-0.2, -0.15) is 0 Å². The highest BCUT2D eigenvalue weighted by Gasteiger charge is 2.30. The van der Waals surface area contributed by atoms with Gasteiger partial charge in [-0.15, -0.1) is 0 Å². The van der Waals surface area contributed by atoms with Gasteiger partial charge in [0.1, 0.15) is 12.6 Å². The van der Waals surface area contributed by atoms with E-state index in [4.69, 9.17) is 0 Å². The van der Waals surface area contributed by atoms with Crippen molar-refractivity contribution < 1.29 is 18.0 Å². The van der Waals surface area contributed by atoms with Crippen LogP contribution in [0.3, 0.4) is 0 Å². The SMILES string of the molecule is Cc1ccccc1CN(C(=O)CN(c1ccc(C(C)C)cc1)S(C)(=O)=O)[C@H](C)C(=O)NC(C)C. The third-order valence-electron chi connectivity index (χ3n) is 5.73. The molecule has 2 amide bonds. The van der Waals surface area contributed by atoms with Crippen molar-refractivity contribution in [3.8, 4) is 0 Å². The molecule has 1 atom stereocenters. The molecular weight excluding hydrogens is 450 g/mol. The third kappa shape index (κ3) is 7.32. The van der Waals surface area contributed by atoms with Crippen LogP contribution in [0.25, 0.3) is 0 Å². The summed E-state index contributed by atoms with van der Waals surface area (Å²) in [5, 5.41) is 2.85. The Morgan fingerprint density at radius 3 is 2.03 bits per heavy atom. The van der Waals surface area contributed by atoms with Gasteiger partial charge < -0.3 is 10.2 Å². The van der Waals surface area contributed by atoms with Crippen molar-refractivity contribution >= 4 is 27.5 Å². The quantitative estimate of drug-likeness (QED) is 0.552. The van der Waals surface area contributed by atoms with E-state index in [1.807, 2.05) is 57.2 Å². The predicted molar refractivity (Wildman–Crippen MR) is 137 cm³/mol. The molecule has 8 heteroatoms. The van der Waals surface area contributed by atoms with Crippen LogP contribution in [0.1, 0.15) is 57.2 Å². The monoisotopic (exact) mass is 487 g/mol. The average Bonchev–Trinajstić information content (AvgIpc) is 2.75. The number of rotatable bonds is 10. The smallest absolute Gasteiger partial charge is 0.244 e. The second kappa shape index (κ2) is 11.5. The van der Waals surface area contributed by atoms with Gasteiger partial charge in [0.05, 0.1) is 11.9 Å². The van der Waals surface area contributed by atoms with Crippen LogP contribution in [-0.4, -0.2) is 50.0 Å². The zero-order valence-electron chi connectivity index (χ0n) is 21.2. The fourth-order valence-electron chi connectivity index (χ4n) is 3.60.